The van der Waals surface area contributed by atoms with Crippen LogP contribution in [-0.4, -0.2) is 46.8 Å². The van der Waals surface area contributed by atoms with Crippen molar-refractivity contribution in [3.8, 4) is 6.07 Å². The number of rotatable bonds is 4. The fourth-order valence-corrected chi connectivity index (χ4v) is 5.17. The van der Waals surface area contributed by atoms with E-state index in [1.807, 2.05) is 0 Å². The number of carbonyl (C=O) groups excluding carboxylic acids is 2. The highest BCUT2D eigenvalue weighted by Crippen LogP contribution is 2.30. The minimum absolute atomic E-state index is 0.0125. The summed E-state index contributed by atoms with van der Waals surface area (Å²) >= 11 is 0. The lowest BCUT2D eigenvalue weighted by atomic mass is 9.81. The normalized spacial score (nSPS) is 26.8. The van der Waals surface area contributed by atoms with Gasteiger partial charge in [-0.15, -0.1) is 0 Å². The van der Waals surface area contributed by atoms with Crippen molar-refractivity contribution < 1.29 is 9.59 Å². The zero-order valence-electron chi connectivity index (χ0n) is 16.5. The van der Waals surface area contributed by atoms with Crippen LogP contribution in [0.2, 0.25) is 0 Å². The van der Waals surface area contributed by atoms with Gasteiger partial charge < -0.3 is 9.80 Å². The van der Waals surface area contributed by atoms with E-state index in [9.17, 15) is 14.9 Å². The fourth-order valence-electron chi connectivity index (χ4n) is 5.17. The summed E-state index contributed by atoms with van der Waals surface area (Å²) in [5.41, 5.74) is 2.88. The molecule has 3 aliphatic rings. The molecule has 2 amide bonds. The molecule has 1 aromatic rings. The SMILES string of the molecule is N#C[C@@H]1CCCN1C(=O)[C@@H]1CCCN1C(=O)CC[C@@H]1CCc2ccccc2C1. The number of hydrogen-bond acceptors (Lipinski definition) is 3. The third-order valence-electron chi connectivity index (χ3n) is 6.76. The summed E-state index contributed by atoms with van der Waals surface area (Å²) < 4.78 is 0. The Hall–Kier alpha value is -2.35. The molecule has 0 spiro atoms. The fraction of sp³-hybridized carbons (Fsp3) is 0.609. The van der Waals surface area contributed by atoms with Crippen LogP contribution in [0.5, 0.6) is 0 Å². The van der Waals surface area contributed by atoms with Crippen molar-refractivity contribution >= 4 is 11.8 Å². The Morgan fingerprint density at radius 1 is 1.04 bits per heavy atom. The Labute approximate surface area is 167 Å². The molecule has 0 saturated carbocycles. The number of likely N-dealkylation sites (tertiary alicyclic amines) is 2. The van der Waals surface area contributed by atoms with E-state index in [4.69, 9.17) is 0 Å². The summed E-state index contributed by atoms with van der Waals surface area (Å²) in [7, 11) is 0. The Balaban J connectivity index is 1.33. The van der Waals surface area contributed by atoms with Crippen LogP contribution in [0.3, 0.4) is 0 Å². The molecule has 1 aliphatic carbocycles. The average Bonchev–Trinajstić information content (AvgIpc) is 3.40. The van der Waals surface area contributed by atoms with E-state index in [2.05, 4.69) is 30.3 Å². The highest BCUT2D eigenvalue weighted by Gasteiger charge is 2.40. The second kappa shape index (κ2) is 8.34. The lowest BCUT2D eigenvalue weighted by molar-refractivity contribution is -0.144. The summed E-state index contributed by atoms with van der Waals surface area (Å²) in [6.07, 6.45) is 7.98. The first-order valence-electron chi connectivity index (χ1n) is 10.7. The summed E-state index contributed by atoms with van der Waals surface area (Å²) in [5, 5.41) is 9.28. The maximum absolute atomic E-state index is 13.0. The first-order chi connectivity index (χ1) is 13.7. The standard InChI is InChI=1S/C23H29N3O2/c24-16-20-7-3-13-25(20)23(28)21-8-4-14-26(21)22(27)12-10-17-9-11-18-5-1-2-6-19(18)15-17/h1-2,5-6,17,20-21H,3-4,7-15H2/t17-,20-,21-/m0/s1. The number of fused-ring (bicyclic) bond motifs is 1. The van der Waals surface area contributed by atoms with Crippen molar-refractivity contribution in [2.75, 3.05) is 13.1 Å². The van der Waals surface area contributed by atoms with Gasteiger partial charge in [0.2, 0.25) is 11.8 Å². The van der Waals surface area contributed by atoms with Gasteiger partial charge in [-0.25, -0.2) is 0 Å². The second-order valence-electron chi connectivity index (χ2n) is 8.48. The average molecular weight is 380 g/mol. The van der Waals surface area contributed by atoms with Gasteiger partial charge in [0.05, 0.1) is 6.07 Å². The predicted molar refractivity (Wildman–Crippen MR) is 106 cm³/mol. The molecule has 28 heavy (non-hydrogen) atoms. The van der Waals surface area contributed by atoms with E-state index in [1.54, 1.807) is 9.80 Å². The Morgan fingerprint density at radius 2 is 1.79 bits per heavy atom. The van der Waals surface area contributed by atoms with Gasteiger partial charge in [0, 0.05) is 19.5 Å². The van der Waals surface area contributed by atoms with Crippen molar-refractivity contribution in [2.45, 2.75) is 69.9 Å². The zero-order valence-corrected chi connectivity index (χ0v) is 16.5. The van der Waals surface area contributed by atoms with E-state index in [0.29, 0.717) is 25.4 Å². The molecule has 5 nitrogen and oxygen atoms in total. The monoisotopic (exact) mass is 379 g/mol. The maximum atomic E-state index is 13.0. The van der Waals surface area contributed by atoms with Gasteiger partial charge in [-0.05, 0) is 68.4 Å². The van der Waals surface area contributed by atoms with Gasteiger partial charge in [-0.1, -0.05) is 24.3 Å². The highest BCUT2D eigenvalue weighted by atomic mass is 16.2. The van der Waals surface area contributed by atoms with Crippen molar-refractivity contribution in [1.82, 2.24) is 9.80 Å². The van der Waals surface area contributed by atoms with Crippen LogP contribution < -0.4 is 0 Å². The smallest absolute Gasteiger partial charge is 0.246 e. The van der Waals surface area contributed by atoms with Crippen molar-refractivity contribution in [3.63, 3.8) is 0 Å². The molecule has 4 rings (SSSR count). The molecule has 5 heteroatoms. The van der Waals surface area contributed by atoms with Gasteiger partial charge in [-0.3, -0.25) is 9.59 Å². The van der Waals surface area contributed by atoms with Gasteiger partial charge in [0.1, 0.15) is 12.1 Å². The minimum atomic E-state index is -0.353. The summed E-state index contributed by atoms with van der Waals surface area (Å²) in [4.78, 5) is 29.4. The largest absolute Gasteiger partial charge is 0.331 e. The summed E-state index contributed by atoms with van der Waals surface area (Å²) in [6.45, 7) is 1.32. The van der Waals surface area contributed by atoms with Gasteiger partial charge in [-0.2, -0.15) is 5.26 Å². The molecule has 0 N–H and O–H groups in total. The summed E-state index contributed by atoms with van der Waals surface area (Å²) in [6, 6.07) is 10.2. The molecule has 1 aromatic carbocycles. The molecular weight excluding hydrogens is 350 g/mol. The van der Waals surface area contributed by atoms with Gasteiger partial charge in [0.25, 0.3) is 0 Å². The Morgan fingerprint density at radius 3 is 2.61 bits per heavy atom. The minimum Gasteiger partial charge on any atom is -0.331 e. The molecule has 3 atom stereocenters. The predicted octanol–water partition coefficient (Wildman–Crippen LogP) is 3.08. The Bertz CT molecular complexity index is 784. The van der Waals surface area contributed by atoms with E-state index >= 15 is 0 Å². The molecule has 0 radical (unpaired) electrons. The van der Waals surface area contributed by atoms with Crippen LogP contribution in [0.4, 0.5) is 0 Å². The quantitative estimate of drug-likeness (QED) is 0.808. The van der Waals surface area contributed by atoms with Gasteiger partial charge in [0.15, 0.2) is 0 Å². The number of nitrogens with zero attached hydrogens (tertiary/aromatic N) is 3. The highest BCUT2D eigenvalue weighted by molar-refractivity contribution is 5.88. The molecule has 0 aromatic heterocycles. The number of aryl methyl sites for hydroxylation is 1. The Kier molecular flexibility index (Phi) is 5.66. The number of benzene rings is 1. The summed E-state index contributed by atoms with van der Waals surface area (Å²) in [5.74, 6) is 0.654. The number of hydrogen-bond donors (Lipinski definition) is 0. The zero-order chi connectivity index (χ0) is 19.5. The van der Waals surface area contributed by atoms with Gasteiger partial charge >= 0.3 is 0 Å². The number of amides is 2. The third kappa shape index (κ3) is 3.78. The van der Waals surface area contributed by atoms with E-state index in [1.165, 1.54) is 11.1 Å². The topological polar surface area (TPSA) is 64.4 Å². The van der Waals surface area contributed by atoms with Crippen LogP contribution in [0.25, 0.3) is 0 Å². The molecule has 2 saturated heterocycles. The van der Waals surface area contributed by atoms with Crippen LogP contribution in [0.15, 0.2) is 24.3 Å². The van der Waals surface area contributed by atoms with Crippen molar-refractivity contribution in [2.24, 2.45) is 5.92 Å². The molecular formula is C23H29N3O2. The number of carbonyl (C=O) groups is 2. The van der Waals surface area contributed by atoms with E-state index in [-0.39, 0.29) is 23.9 Å². The molecule has 0 bridgehead atoms. The first kappa shape index (κ1) is 19.0. The molecule has 0 unspecified atom stereocenters. The molecule has 148 valence electrons. The van der Waals surface area contributed by atoms with Crippen LogP contribution in [-0.2, 0) is 22.4 Å². The van der Waals surface area contributed by atoms with Crippen molar-refractivity contribution in [1.29, 1.82) is 5.26 Å². The first-order valence-corrected chi connectivity index (χ1v) is 10.7. The lowest BCUT2D eigenvalue weighted by Gasteiger charge is -2.30. The van der Waals surface area contributed by atoms with Crippen LogP contribution >= 0.6 is 0 Å². The van der Waals surface area contributed by atoms with Crippen molar-refractivity contribution in [3.05, 3.63) is 35.4 Å². The number of nitriles is 1. The second-order valence-corrected chi connectivity index (χ2v) is 8.48. The molecule has 2 fully saturated rings. The van der Waals surface area contributed by atoms with Crippen LogP contribution in [0.1, 0.15) is 56.1 Å². The lowest BCUT2D eigenvalue weighted by Crippen LogP contribution is -2.49. The molecule has 2 aliphatic heterocycles. The third-order valence-corrected chi connectivity index (χ3v) is 6.76. The molecule has 2 heterocycles. The van der Waals surface area contributed by atoms with E-state index in [0.717, 1.165) is 51.4 Å². The van der Waals surface area contributed by atoms with Crippen LogP contribution in [0, 0.1) is 17.2 Å². The van der Waals surface area contributed by atoms with E-state index < -0.39 is 0 Å². The maximum Gasteiger partial charge on any atom is 0.246 e.